The molecule has 0 N–H and O–H groups in total. The molecule has 3 heterocycles. The zero-order valence-electron chi connectivity index (χ0n) is 21.6. The first-order chi connectivity index (χ1) is 17.8. The van der Waals surface area contributed by atoms with Crippen LogP contribution in [-0.4, -0.2) is 32.9 Å². The minimum Gasteiger partial charge on any atom is -0.399 e. The number of benzene rings is 3. The predicted octanol–water partition coefficient (Wildman–Crippen LogP) is 5.57. The topological polar surface area (TPSA) is 49.2 Å². The summed E-state index contributed by atoms with van der Waals surface area (Å²) in [5.74, 6) is 0. The lowest BCUT2D eigenvalue weighted by Crippen LogP contribution is -2.41. The third-order valence-corrected chi connectivity index (χ3v) is 7.87. The molecule has 1 aliphatic rings. The van der Waals surface area contributed by atoms with Gasteiger partial charge in [0.1, 0.15) is 11.1 Å². The molecule has 0 radical (unpaired) electrons. The highest BCUT2D eigenvalue weighted by Gasteiger charge is 2.52. The van der Waals surface area contributed by atoms with Gasteiger partial charge in [-0.15, -0.1) is 0 Å². The van der Waals surface area contributed by atoms with E-state index in [9.17, 15) is 0 Å². The van der Waals surface area contributed by atoms with Gasteiger partial charge in [0, 0.05) is 11.7 Å². The third kappa shape index (κ3) is 3.71. The Labute approximate surface area is 218 Å². The molecule has 6 heteroatoms. The van der Waals surface area contributed by atoms with Crippen molar-refractivity contribution in [1.29, 1.82) is 0 Å². The smallest absolute Gasteiger partial charge is 0.399 e. The Kier molecular flexibility index (Phi) is 5.55. The Morgan fingerprint density at radius 2 is 1.14 bits per heavy atom. The summed E-state index contributed by atoms with van der Waals surface area (Å²) < 4.78 is 14.8. The molecule has 0 saturated carbocycles. The quantitative estimate of drug-likeness (QED) is 0.240. The van der Waals surface area contributed by atoms with E-state index in [1.165, 1.54) is 0 Å². The van der Waals surface area contributed by atoms with Crippen molar-refractivity contribution in [2.75, 3.05) is 0 Å². The summed E-state index contributed by atoms with van der Waals surface area (Å²) >= 11 is 0. The maximum atomic E-state index is 6.28. The lowest BCUT2D eigenvalue weighted by Gasteiger charge is -2.37. The van der Waals surface area contributed by atoms with Gasteiger partial charge in [-0.2, -0.15) is 0 Å². The van der Waals surface area contributed by atoms with Gasteiger partial charge in [-0.05, 0) is 50.5 Å². The molecule has 1 fully saturated rings. The highest BCUT2D eigenvalue weighted by atomic mass is 16.7. The first-order valence-electron chi connectivity index (χ1n) is 12.7. The summed E-state index contributed by atoms with van der Waals surface area (Å²) in [6.45, 7) is 8.23. The van der Waals surface area contributed by atoms with Crippen molar-refractivity contribution in [3.63, 3.8) is 0 Å². The number of imidazole rings is 1. The van der Waals surface area contributed by atoms with E-state index in [1.807, 2.05) is 36.8 Å². The monoisotopic (exact) mass is 487 g/mol. The van der Waals surface area contributed by atoms with E-state index in [0.29, 0.717) is 0 Å². The standard InChI is InChI=1S/C31H30BN3O2/c1-29(2)30(3,4)37-32(36-29)26-20-27-28(33-21-26)35(22-34-27)31(23-14-8-5-9-15-23,24-16-10-6-11-17-24)25-18-12-7-13-19-25/h5-22H,1-4H3. The zero-order valence-corrected chi connectivity index (χ0v) is 21.6. The van der Waals surface area contributed by atoms with E-state index < -0.39 is 23.9 Å². The molecular formula is C31H30BN3O2. The molecule has 3 aromatic carbocycles. The Morgan fingerprint density at radius 1 is 0.676 bits per heavy atom. The molecule has 5 nitrogen and oxygen atoms in total. The van der Waals surface area contributed by atoms with Crippen LogP contribution in [0.5, 0.6) is 0 Å². The lowest BCUT2D eigenvalue weighted by molar-refractivity contribution is 0.00578. The van der Waals surface area contributed by atoms with Crippen molar-refractivity contribution in [2.24, 2.45) is 0 Å². The highest BCUT2D eigenvalue weighted by Crippen LogP contribution is 2.42. The van der Waals surface area contributed by atoms with Crippen LogP contribution in [0.15, 0.2) is 110 Å². The second-order valence-corrected chi connectivity index (χ2v) is 10.6. The van der Waals surface area contributed by atoms with Crippen molar-refractivity contribution in [3.05, 3.63) is 126 Å². The lowest BCUT2D eigenvalue weighted by atomic mass is 9.76. The first-order valence-corrected chi connectivity index (χ1v) is 12.7. The fourth-order valence-corrected chi connectivity index (χ4v) is 5.23. The molecule has 0 unspecified atom stereocenters. The largest absolute Gasteiger partial charge is 0.496 e. The predicted molar refractivity (Wildman–Crippen MR) is 148 cm³/mol. The van der Waals surface area contributed by atoms with Gasteiger partial charge in [0.15, 0.2) is 5.65 Å². The number of fused-ring (bicyclic) bond motifs is 1. The van der Waals surface area contributed by atoms with Crippen molar-refractivity contribution < 1.29 is 9.31 Å². The average molecular weight is 487 g/mol. The molecule has 37 heavy (non-hydrogen) atoms. The maximum absolute atomic E-state index is 6.28. The van der Waals surface area contributed by atoms with Crippen LogP contribution in [0.1, 0.15) is 44.4 Å². The fourth-order valence-electron chi connectivity index (χ4n) is 5.23. The first kappa shape index (κ1) is 23.7. The zero-order chi connectivity index (χ0) is 25.7. The van der Waals surface area contributed by atoms with Crippen LogP contribution < -0.4 is 5.46 Å². The number of nitrogens with zero attached hydrogens (tertiary/aromatic N) is 3. The molecule has 0 atom stereocenters. The molecule has 6 rings (SSSR count). The van der Waals surface area contributed by atoms with Gasteiger partial charge in [0.05, 0.1) is 17.5 Å². The minimum absolute atomic E-state index is 0.422. The minimum atomic E-state index is -0.669. The number of pyridine rings is 1. The summed E-state index contributed by atoms with van der Waals surface area (Å²) in [6.07, 6.45) is 3.76. The molecule has 5 aromatic rings. The molecule has 1 saturated heterocycles. The summed E-state index contributed by atoms with van der Waals surface area (Å²) in [5.41, 5.74) is 4.31. The van der Waals surface area contributed by atoms with E-state index >= 15 is 0 Å². The van der Waals surface area contributed by atoms with Crippen LogP contribution in [0.3, 0.4) is 0 Å². The fraction of sp³-hybridized carbons (Fsp3) is 0.226. The maximum Gasteiger partial charge on any atom is 0.496 e. The number of hydrogen-bond donors (Lipinski definition) is 0. The molecule has 1 aliphatic heterocycles. The van der Waals surface area contributed by atoms with E-state index in [1.54, 1.807) is 0 Å². The van der Waals surface area contributed by atoms with E-state index in [2.05, 4.69) is 105 Å². The summed E-state index contributed by atoms with van der Waals surface area (Å²) in [4.78, 5) is 9.82. The van der Waals surface area contributed by atoms with Crippen molar-refractivity contribution in [1.82, 2.24) is 14.5 Å². The normalized spacial score (nSPS) is 16.8. The van der Waals surface area contributed by atoms with E-state index in [0.717, 1.165) is 33.3 Å². The Hall–Kier alpha value is -3.74. The number of hydrogen-bond acceptors (Lipinski definition) is 4. The molecule has 184 valence electrons. The van der Waals surface area contributed by atoms with E-state index in [-0.39, 0.29) is 0 Å². The van der Waals surface area contributed by atoms with Crippen molar-refractivity contribution in [2.45, 2.75) is 44.4 Å². The summed E-state index contributed by atoms with van der Waals surface area (Å²) in [6, 6.07) is 33.7. The highest BCUT2D eigenvalue weighted by molar-refractivity contribution is 6.62. The van der Waals surface area contributed by atoms with Crippen LogP contribution in [0.4, 0.5) is 0 Å². The van der Waals surface area contributed by atoms with Gasteiger partial charge >= 0.3 is 7.12 Å². The third-order valence-electron chi connectivity index (χ3n) is 7.87. The van der Waals surface area contributed by atoms with E-state index in [4.69, 9.17) is 19.3 Å². The van der Waals surface area contributed by atoms with Crippen LogP contribution in [0.2, 0.25) is 0 Å². The van der Waals surface area contributed by atoms with Crippen LogP contribution in [0, 0.1) is 0 Å². The van der Waals surface area contributed by atoms with Gasteiger partial charge in [0.25, 0.3) is 0 Å². The second-order valence-electron chi connectivity index (χ2n) is 10.6. The second kappa shape index (κ2) is 8.68. The molecule has 2 aromatic heterocycles. The Morgan fingerprint density at radius 3 is 1.59 bits per heavy atom. The molecule has 0 spiro atoms. The molecular weight excluding hydrogens is 457 g/mol. The Balaban J connectivity index is 1.58. The summed E-state index contributed by atoms with van der Waals surface area (Å²) in [7, 11) is -0.492. The molecule has 0 aliphatic carbocycles. The van der Waals surface area contributed by atoms with Gasteiger partial charge in [-0.3, -0.25) is 4.57 Å². The Bertz CT molecular complexity index is 1420. The van der Waals surface area contributed by atoms with Crippen LogP contribution in [-0.2, 0) is 14.8 Å². The molecule has 0 amide bonds. The SMILES string of the molecule is CC1(C)OB(c2cnc3c(c2)ncn3C(c2ccccc2)(c2ccccc2)c2ccccc2)OC1(C)C. The summed E-state index contributed by atoms with van der Waals surface area (Å²) in [5, 5.41) is 0. The number of rotatable bonds is 5. The van der Waals surface area contributed by atoms with Crippen LogP contribution >= 0.6 is 0 Å². The van der Waals surface area contributed by atoms with Crippen LogP contribution in [0.25, 0.3) is 11.2 Å². The average Bonchev–Trinajstić information content (AvgIpc) is 3.43. The van der Waals surface area contributed by atoms with Crippen molar-refractivity contribution >= 4 is 23.7 Å². The molecule has 0 bridgehead atoms. The number of aromatic nitrogens is 3. The van der Waals surface area contributed by atoms with Gasteiger partial charge in [0.2, 0.25) is 0 Å². The van der Waals surface area contributed by atoms with Gasteiger partial charge in [-0.25, -0.2) is 9.97 Å². The van der Waals surface area contributed by atoms with Gasteiger partial charge < -0.3 is 9.31 Å². The van der Waals surface area contributed by atoms with Gasteiger partial charge in [-0.1, -0.05) is 91.0 Å². The van der Waals surface area contributed by atoms with Crippen molar-refractivity contribution in [3.8, 4) is 0 Å².